The molecule has 1 fully saturated rings. The average molecular weight is 416 g/mol. The monoisotopic (exact) mass is 416 g/mol. The lowest BCUT2D eigenvalue weighted by atomic mass is 9.66. The van der Waals surface area contributed by atoms with E-state index in [-0.39, 0.29) is 30.1 Å². The number of alkyl halides is 2. The molecule has 3 aliphatic rings. The number of hydrogen-bond acceptors (Lipinski definition) is 5. The first-order valence-electron chi connectivity index (χ1n) is 9.66. The van der Waals surface area contributed by atoms with E-state index in [2.05, 4.69) is 9.98 Å². The van der Waals surface area contributed by atoms with Gasteiger partial charge in [0.25, 0.3) is 11.8 Å². The Labute approximate surface area is 170 Å². The Kier molecular flexibility index (Phi) is 3.90. The molecule has 9 heteroatoms. The Hall–Kier alpha value is -3.10. The predicted octanol–water partition coefficient (Wildman–Crippen LogP) is 3.07. The van der Waals surface area contributed by atoms with Crippen LogP contribution in [0.25, 0.3) is 11.1 Å². The minimum absolute atomic E-state index is 0.0156. The number of nitrogens with two attached hydrogens (primary N) is 1. The Bertz CT molecular complexity index is 1090. The topological polar surface area (TPSA) is 80.8 Å². The average Bonchev–Trinajstić information content (AvgIpc) is 2.92. The standard InChI is InChI=1S/C21H19F3N4O2/c1-28-18(29)21(27-19(28)25)13-6-7-20(23,24)10-16(13)30-15-5-4-11(9-14(15)21)12-3-2-8-26-17(12)22/h2-5,8-9,13,16H,6-7,10H2,1H3,(H2,25,27). The van der Waals surface area contributed by atoms with Crippen LogP contribution in [-0.2, 0) is 10.3 Å². The second-order valence-electron chi connectivity index (χ2n) is 8.01. The summed E-state index contributed by atoms with van der Waals surface area (Å²) in [4.78, 5) is 22.8. The number of hydrogen-bond donors (Lipinski definition) is 1. The molecule has 1 amide bonds. The molecule has 0 radical (unpaired) electrons. The van der Waals surface area contributed by atoms with Crippen LogP contribution in [0.15, 0.2) is 41.5 Å². The molecule has 0 bridgehead atoms. The summed E-state index contributed by atoms with van der Waals surface area (Å²) in [6.07, 6.45) is -0.342. The zero-order valence-electron chi connectivity index (χ0n) is 16.1. The number of pyridine rings is 1. The van der Waals surface area contributed by atoms with E-state index in [4.69, 9.17) is 10.5 Å². The van der Waals surface area contributed by atoms with Gasteiger partial charge >= 0.3 is 0 Å². The molecule has 5 rings (SSSR count). The van der Waals surface area contributed by atoms with E-state index < -0.39 is 41.8 Å². The van der Waals surface area contributed by atoms with Gasteiger partial charge in [-0.2, -0.15) is 4.39 Å². The number of aromatic nitrogens is 1. The summed E-state index contributed by atoms with van der Waals surface area (Å²) in [6.45, 7) is 0. The molecule has 2 aliphatic heterocycles. The summed E-state index contributed by atoms with van der Waals surface area (Å²) < 4.78 is 48.5. The van der Waals surface area contributed by atoms with E-state index in [1.54, 1.807) is 30.3 Å². The van der Waals surface area contributed by atoms with Crippen molar-refractivity contribution < 1.29 is 22.7 Å². The quantitative estimate of drug-likeness (QED) is 0.725. The molecule has 1 saturated carbocycles. The zero-order chi connectivity index (χ0) is 21.3. The molecular weight excluding hydrogens is 397 g/mol. The van der Waals surface area contributed by atoms with E-state index in [9.17, 15) is 18.0 Å². The number of guanidine groups is 1. The molecule has 1 aromatic carbocycles. The lowest BCUT2D eigenvalue weighted by Gasteiger charge is -2.47. The van der Waals surface area contributed by atoms with Crippen molar-refractivity contribution in [3.05, 3.63) is 48.0 Å². The Morgan fingerprint density at radius 1 is 1.30 bits per heavy atom. The normalized spacial score (nSPS) is 29.3. The van der Waals surface area contributed by atoms with Gasteiger partial charge in [-0.15, -0.1) is 0 Å². The number of carbonyl (C=O) groups excluding carboxylic acids is 1. The highest BCUT2D eigenvalue weighted by atomic mass is 19.3. The first-order valence-corrected chi connectivity index (χ1v) is 9.66. The number of carbonyl (C=O) groups is 1. The second kappa shape index (κ2) is 6.20. The van der Waals surface area contributed by atoms with Crippen molar-refractivity contribution in [1.82, 2.24) is 9.88 Å². The third-order valence-electron chi connectivity index (χ3n) is 6.31. The molecule has 2 N–H and O–H groups in total. The van der Waals surface area contributed by atoms with Gasteiger partial charge in [0.05, 0.1) is 0 Å². The van der Waals surface area contributed by atoms with E-state index >= 15 is 0 Å². The smallest absolute Gasteiger partial charge is 0.262 e. The summed E-state index contributed by atoms with van der Waals surface area (Å²) in [5.74, 6) is -4.23. The number of ether oxygens (including phenoxy) is 1. The number of amides is 1. The van der Waals surface area contributed by atoms with Gasteiger partial charge in [-0.1, -0.05) is 6.07 Å². The summed E-state index contributed by atoms with van der Waals surface area (Å²) in [5, 5.41) is 0. The number of aliphatic imine (C=N–C) groups is 1. The van der Waals surface area contributed by atoms with Gasteiger partial charge in [-0.05, 0) is 36.2 Å². The van der Waals surface area contributed by atoms with Crippen LogP contribution >= 0.6 is 0 Å². The fraction of sp³-hybridized carbons (Fsp3) is 0.381. The van der Waals surface area contributed by atoms with Crippen LogP contribution in [0.2, 0.25) is 0 Å². The van der Waals surface area contributed by atoms with Crippen LogP contribution in [0.1, 0.15) is 24.8 Å². The van der Waals surface area contributed by atoms with Crippen LogP contribution in [0.4, 0.5) is 13.2 Å². The largest absolute Gasteiger partial charge is 0.489 e. The van der Waals surface area contributed by atoms with E-state index in [1.807, 2.05) is 0 Å². The van der Waals surface area contributed by atoms with Crippen molar-refractivity contribution in [1.29, 1.82) is 0 Å². The van der Waals surface area contributed by atoms with Crippen LogP contribution < -0.4 is 10.5 Å². The van der Waals surface area contributed by atoms with Crippen LogP contribution in [0.5, 0.6) is 5.75 Å². The highest BCUT2D eigenvalue weighted by molar-refractivity contribution is 6.07. The van der Waals surface area contributed by atoms with E-state index in [0.29, 0.717) is 11.1 Å². The fourth-order valence-corrected chi connectivity index (χ4v) is 4.84. The van der Waals surface area contributed by atoms with Crippen molar-refractivity contribution in [3.8, 4) is 16.9 Å². The maximum Gasteiger partial charge on any atom is 0.262 e. The summed E-state index contributed by atoms with van der Waals surface area (Å²) in [5.41, 5.74) is 5.65. The lowest BCUT2D eigenvalue weighted by Crippen LogP contribution is -2.56. The summed E-state index contributed by atoms with van der Waals surface area (Å²) in [6, 6.07) is 7.99. The molecule has 30 heavy (non-hydrogen) atoms. The third kappa shape index (κ3) is 2.54. The maximum absolute atomic E-state index is 14.3. The molecule has 2 aromatic rings. The van der Waals surface area contributed by atoms with Crippen molar-refractivity contribution in [2.45, 2.75) is 36.8 Å². The minimum Gasteiger partial charge on any atom is -0.489 e. The van der Waals surface area contributed by atoms with Crippen LogP contribution in [0.3, 0.4) is 0 Å². The van der Waals surface area contributed by atoms with Crippen molar-refractivity contribution in [2.24, 2.45) is 16.6 Å². The first-order chi connectivity index (χ1) is 14.2. The predicted molar refractivity (Wildman–Crippen MR) is 102 cm³/mol. The van der Waals surface area contributed by atoms with Crippen LogP contribution in [-0.4, -0.2) is 40.8 Å². The van der Waals surface area contributed by atoms with Crippen molar-refractivity contribution in [3.63, 3.8) is 0 Å². The molecule has 6 nitrogen and oxygen atoms in total. The molecule has 0 saturated heterocycles. The van der Waals surface area contributed by atoms with Gasteiger partial charge in [-0.3, -0.25) is 9.69 Å². The van der Waals surface area contributed by atoms with Crippen molar-refractivity contribution >= 4 is 11.9 Å². The number of halogens is 3. The van der Waals surface area contributed by atoms with Gasteiger partial charge in [-0.25, -0.2) is 18.8 Å². The molecule has 3 unspecified atom stereocenters. The molecule has 3 heterocycles. The fourth-order valence-electron chi connectivity index (χ4n) is 4.84. The van der Waals surface area contributed by atoms with Crippen LogP contribution in [0, 0.1) is 11.9 Å². The number of benzene rings is 1. The highest BCUT2D eigenvalue weighted by Crippen LogP contribution is 2.55. The summed E-state index contributed by atoms with van der Waals surface area (Å²) >= 11 is 0. The minimum atomic E-state index is -2.87. The molecule has 1 aliphatic carbocycles. The molecule has 1 aromatic heterocycles. The van der Waals surface area contributed by atoms with E-state index in [1.165, 1.54) is 18.1 Å². The third-order valence-corrected chi connectivity index (χ3v) is 6.31. The number of rotatable bonds is 1. The number of nitrogens with zero attached hydrogens (tertiary/aromatic N) is 3. The van der Waals surface area contributed by atoms with Gasteiger partial charge in [0.1, 0.15) is 11.9 Å². The molecule has 3 atom stereocenters. The zero-order valence-corrected chi connectivity index (χ0v) is 16.1. The van der Waals surface area contributed by atoms with Gasteiger partial charge in [0, 0.05) is 43.1 Å². The van der Waals surface area contributed by atoms with Gasteiger partial charge < -0.3 is 10.5 Å². The maximum atomic E-state index is 14.3. The summed E-state index contributed by atoms with van der Waals surface area (Å²) in [7, 11) is 1.50. The highest BCUT2D eigenvalue weighted by Gasteiger charge is 2.62. The first kappa shape index (κ1) is 18.9. The van der Waals surface area contributed by atoms with Gasteiger partial charge in [0.15, 0.2) is 11.5 Å². The van der Waals surface area contributed by atoms with E-state index in [0.717, 1.165) is 0 Å². The SMILES string of the molecule is CN1C(=O)C2(N=C1N)c1cc(-c3cccnc3F)ccc1OC1CC(F)(F)CCC12. The number of likely N-dealkylation sites (N-methyl/N-ethyl adjacent to an activating group) is 1. The van der Waals surface area contributed by atoms with Crippen molar-refractivity contribution in [2.75, 3.05) is 7.05 Å². The molecular formula is C21H19F3N4O2. The van der Waals surface area contributed by atoms with Gasteiger partial charge in [0.2, 0.25) is 5.95 Å². The Balaban J connectivity index is 1.72. The molecule has 156 valence electrons. The Morgan fingerprint density at radius 2 is 2.10 bits per heavy atom. The Morgan fingerprint density at radius 3 is 2.80 bits per heavy atom. The molecule has 1 spiro atoms. The second-order valence-corrected chi connectivity index (χ2v) is 8.01. The number of fused-ring (bicyclic) bond motifs is 4. The lowest BCUT2D eigenvalue weighted by molar-refractivity contribution is -0.145.